The van der Waals surface area contributed by atoms with Crippen molar-refractivity contribution in [1.82, 2.24) is 4.98 Å². The van der Waals surface area contributed by atoms with Crippen molar-refractivity contribution < 1.29 is 13.9 Å². The van der Waals surface area contributed by atoms with E-state index in [0.717, 1.165) is 0 Å². The molecule has 1 aliphatic rings. The molecule has 132 valence electrons. The van der Waals surface area contributed by atoms with E-state index in [-0.39, 0.29) is 17.9 Å². The van der Waals surface area contributed by atoms with Gasteiger partial charge < -0.3 is 14.5 Å². The third-order valence-corrected chi connectivity index (χ3v) is 4.12. The van der Waals surface area contributed by atoms with Crippen LogP contribution in [0, 0.1) is 5.82 Å². The number of halogens is 1. The van der Waals surface area contributed by atoms with Crippen LogP contribution in [0.1, 0.15) is 24.2 Å². The Bertz CT molecular complexity index is 743. The molecule has 0 amide bonds. The van der Waals surface area contributed by atoms with Gasteiger partial charge in [-0.05, 0) is 38.1 Å². The van der Waals surface area contributed by atoms with Crippen LogP contribution in [0.15, 0.2) is 42.6 Å². The average Bonchev–Trinajstić information content (AvgIpc) is 2.62. The fraction of sp³-hybridized carbons (Fsp3) is 0.368. The van der Waals surface area contributed by atoms with Gasteiger partial charge in [-0.1, -0.05) is 12.1 Å². The first-order chi connectivity index (χ1) is 12.1. The Balaban J connectivity index is 1.73. The fourth-order valence-electron chi connectivity index (χ4n) is 2.95. The van der Waals surface area contributed by atoms with Crippen LogP contribution in [0.4, 0.5) is 15.9 Å². The van der Waals surface area contributed by atoms with Crippen LogP contribution < -0.4 is 9.80 Å². The summed E-state index contributed by atoms with van der Waals surface area (Å²) >= 11 is 0. The molecule has 2 heterocycles. The molecule has 0 radical (unpaired) electrons. The Labute approximate surface area is 147 Å². The van der Waals surface area contributed by atoms with Gasteiger partial charge in [0.1, 0.15) is 17.2 Å². The summed E-state index contributed by atoms with van der Waals surface area (Å²) in [6, 6.07) is 10.3. The van der Waals surface area contributed by atoms with Crippen molar-refractivity contribution in [3.8, 4) is 0 Å². The maximum absolute atomic E-state index is 14.0. The highest BCUT2D eigenvalue weighted by molar-refractivity contribution is 5.94. The Morgan fingerprint density at radius 3 is 2.44 bits per heavy atom. The van der Waals surface area contributed by atoms with E-state index in [1.165, 1.54) is 6.07 Å². The molecule has 6 heteroatoms. The maximum atomic E-state index is 14.0. The molecule has 0 bridgehead atoms. The highest BCUT2D eigenvalue weighted by Gasteiger charge is 2.24. The number of aromatic nitrogens is 1. The number of pyridine rings is 1. The number of carbonyl (C=O) groups excluding carboxylic acids is 1. The Hall–Kier alpha value is -2.63. The van der Waals surface area contributed by atoms with E-state index in [1.807, 2.05) is 29.7 Å². The quantitative estimate of drug-likeness (QED) is 0.798. The third kappa shape index (κ3) is 3.90. The van der Waals surface area contributed by atoms with Crippen LogP contribution >= 0.6 is 0 Å². The van der Waals surface area contributed by atoms with Gasteiger partial charge in [-0.15, -0.1) is 0 Å². The largest absolute Gasteiger partial charge is 0.459 e. The summed E-state index contributed by atoms with van der Waals surface area (Å²) in [6.45, 7) is 6.29. The molecular formula is C19H22FN3O2. The molecule has 0 aliphatic carbocycles. The molecule has 0 unspecified atom stereocenters. The lowest BCUT2D eigenvalue weighted by molar-refractivity contribution is 0.0378. The fourth-order valence-corrected chi connectivity index (χ4v) is 2.95. The summed E-state index contributed by atoms with van der Waals surface area (Å²) in [5.74, 6) is 0.0472. The molecule has 0 saturated carbocycles. The average molecular weight is 343 g/mol. The predicted molar refractivity (Wildman–Crippen MR) is 95.6 cm³/mol. The van der Waals surface area contributed by atoms with Crippen molar-refractivity contribution in [3.05, 3.63) is 54.0 Å². The summed E-state index contributed by atoms with van der Waals surface area (Å²) in [5.41, 5.74) is 1.08. The van der Waals surface area contributed by atoms with E-state index in [9.17, 15) is 9.18 Å². The zero-order valence-electron chi connectivity index (χ0n) is 14.5. The lowest BCUT2D eigenvalue weighted by Gasteiger charge is -2.37. The highest BCUT2D eigenvalue weighted by Crippen LogP contribution is 2.24. The van der Waals surface area contributed by atoms with Crippen LogP contribution in [0.2, 0.25) is 0 Å². The molecule has 0 atom stereocenters. The zero-order valence-corrected chi connectivity index (χ0v) is 14.5. The van der Waals surface area contributed by atoms with Gasteiger partial charge in [0.05, 0.1) is 11.8 Å². The van der Waals surface area contributed by atoms with Crippen molar-refractivity contribution in [1.29, 1.82) is 0 Å². The smallest absolute Gasteiger partial charge is 0.342 e. The number of piperazine rings is 1. The minimum Gasteiger partial charge on any atom is -0.459 e. The number of para-hydroxylation sites is 1. The number of anilines is 2. The predicted octanol–water partition coefficient (Wildman–Crippen LogP) is 3.11. The van der Waals surface area contributed by atoms with Crippen LogP contribution in [0.5, 0.6) is 0 Å². The molecule has 1 aromatic carbocycles. The number of hydrogen-bond donors (Lipinski definition) is 0. The molecule has 1 aliphatic heterocycles. The maximum Gasteiger partial charge on any atom is 0.342 e. The van der Waals surface area contributed by atoms with E-state index in [4.69, 9.17) is 4.74 Å². The van der Waals surface area contributed by atoms with E-state index < -0.39 is 0 Å². The van der Waals surface area contributed by atoms with Gasteiger partial charge in [0.25, 0.3) is 0 Å². The van der Waals surface area contributed by atoms with Crippen molar-refractivity contribution in [2.24, 2.45) is 0 Å². The molecular weight excluding hydrogens is 321 g/mol. The first-order valence-electron chi connectivity index (χ1n) is 8.46. The summed E-state index contributed by atoms with van der Waals surface area (Å²) in [4.78, 5) is 20.7. The molecule has 3 rings (SSSR count). The summed E-state index contributed by atoms with van der Waals surface area (Å²) in [6.07, 6.45) is 1.49. The molecule has 2 aromatic rings. The highest BCUT2D eigenvalue weighted by atomic mass is 19.1. The number of benzene rings is 1. The number of ether oxygens (including phenoxy) is 1. The first kappa shape index (κ1) is 17.2. The van der Waals surface area contributed by atoms with Crippen molar-refractivity contribution >= 4 is 17.5 Å². The molecule has 1 aromatic heterocycles. The van der Waals surface area contributed by atoms with Crippen LogP contribution in [-0.2, 0) is 4.74 Å². The van der Waals surface area contributed by atoms with Crippen LogP contribution in [0.3, 0.4) is 0 Å². The molecule has 0 N–H and O–H groups in total. The second-order valence-corrected chi connectivity index (χ2v) is 6.25. The SMILES string of the molecule is CC(C)OC(=O)c1cccnc1N1CCN(c2ccccc2F)CC1. The second-order valence-electron chi connectivity index (χ2n) is 6.25. The number of hydrogen-bond acceptors (Lipinski definition) is 5. The van der Waals surface area contributed by atoms with E-state index >= 15 is 0 Å². The monoisotopic (exact) mass is 343 g/mol. The minimum absolute atomic E-state index is 0.182. The van der Waals surface area contributed by atoms with Gasteiger partial charge in [0.15, 0.2) is 0 Å². The lowest BCUT2D eigenvalue weighted by atomic mass is 10.2. The molecule has 1 fully saturated rings. The Morgan fingerprint density at radius 2 is 1.76 bits per heavy atom. The van der Waals surface area contributed by atoms with Crippen LogP contribution in [-0.4, -0.2) is 43.2 Å². The number of carbonyl (C=O) groups is 1. The van der Waals surface area contributed by atoms with Crippen LogP contribution in [0.25, 0.3) is 0 Å². The topological polar surface area (TPSA) is 45.7 Å². The van der Waals surface area contributed by atoms with Gasteiger partial charge >= 0.3 is 5.97 Å². The summed E-state index contributed by atoms with van der Waals surface area (Å²) < 4.78 is 19.3. The van der Waals surface area contributed by atoms with E-state index in [1.54, 1.807) is 30.5 Å². The van der Waals surface area contributed by atoms with Crippen molar-refractivity contribution in [2.75, 3.05) is 36.0 Å². The summed E-state index contributed by atoms with van der Waals surface area (Å²) in [7, 11) is 0. The lowest BCUT2D eigenvalue weighted by Crippen LogP contribution is -2.47. The van der Waals surface area contributed by atoms with E-state index in [0.29, 0.717) is 43.2 Å². The van der Waals surface area contributed by atoms with Crippen molar-refractivity contribution in [2.45, 2.75) is 20.0 Å². The Kier molecular flexibility index (Phi) is 5.16. The standard InChI is InChI=1S/C19H22FN3O2/c1-14(2)25-19(24)15-6-5-9-21-18(15)23-12-10-22(11-13-23)17-8-4-3-7-16(17)20/h3-9,14H,10-13H2,1-2H3. The molecule has 0 spiro atoms. The number of rotatable bonds is 4. The second kappa shape index (κ2) is 7.51. The van der Waals surface area contributed by atoms with Gasteiger partial charge in [0, 0.05) is 32.4 Å². The van der Waals surface area contributed by atoms with Crippen molar-refractivity contribution in [3.63, 3.8) is 0 Å². The van der Waals surface area contributed by atoms with Gasteiger partial charge in [-0.2, -0.15) is 0 Å². The zero-order chi connectivity index (χ0) is 17.8. The minimum atomic E-state index is -0.366. The first-order valence-corrected chi connectivity index (χ1v) is 8.46. The molecule has 1 saturated heterocycles. The van der Waals surface area contributed by atoms with E-state index in [2.05, 4.69) is 4.98 Å². The Morgan fingerprint density at radius 1 is 1.08 bits per heavy atom. The third-order valence-electron chi connectivity index (χ3n) is 4.12. The number of nitrogens with zero attached hydrogens (tertiary/aromatic N) is 3. The number of esters is 1. The normalized spacial score (nSPS) is 14.7. The van der Waals surface area contributed by atoms with Gasteiger partial charge in [0.2, 0.25) is 0 Å². The molecule has 25 heavy (non-hydrogen) atoms. The van der Waals surface area contributed by atoms with Gasteiger partial charge in [-0.25, -0.2) is 14.2 Å². The molecule has 5 nitrogen and oxygen atoms in total. The van der Waals surface area contributed by atoms with Gasteiger partial charge in [-0.3, -0.25) is 0 Å². The summed E-state index contributed by atoms with van der Waals surface area (Å²) in [5, 5.41) is 0.